The van der Waals surface area contributed by atoms with Crippen molar-refractivity contribution in [3.05, 3.63) is 46.4 Å². The molecule has 12 heteroatoms. The third-order valence-corrected chi connectivity index (χ3v) is 5.52. The van der Waals surface area contributed by atoms with Gasteiger partial charge in [-0.1, -0.05) is 0 Å². The minimum atomic E-state index is 0.0227. The predicted molar refractivity (Wildman–Crippen MR) is 133 cm³/mol. The van der Waals surface area contributed by atoms with Gasteiger partial charge in [0.15, 0.2) is 11.5 Å². The number of methoxy groups -OCH3 is 2. The third kappa shape index (κ3) is 5.83. The molecule has 2 heterocycles. The number of hydrazone groups is 1. The van der Waals surface area contributed by atoms with Gasteiger partial charge in [-0.3, -0.25) is 0 Å². The van der Waals surface area contributed by atoms with E-state index in [4.69, 9.17) is 14.2 Å². The molecule has 0 amide bonds. The Labute approximate surface area is 204 Å². The van der Waals surface area contributed by atoms with Gasteiger partial charge in [0.25, 0.3) is 0 Å². The zero-order valence-electron chi connectivity index (χ0n) is 18.7. The largest absolute Gasteiger partial charge is 0.503 e. The molecular formula is C22H24BrN7O4. The van der Waals surface area contributed by atoms with Gasteiger partial charge in [-0.25, -0.2) is 5.43 Å². The van der Waals surface area contributed by atoms with E-state index in [1.165, 1.54) is 7.11 Å². The SMILES string of the molecule is COc1ccc(Nc2nc(NN=Cc3cc(Br)c(O)c(OC)c3)nc(N3CCOCC3)n2)cc1. The number of morpholine rings is 1. The predicted octanol–water partition coefficient (Wildman–Crippen LogP) is 3.38. The topological polar surface area (TPSA) is 126 Å². The molecule has 1 fully saturated rings. The number of halogens is 1. The summed E-state index contributed by atoms with van der Waals surface area (Å²) in [6.45, 7) is 2.56. The summed E-state index contributed by atoms with van der Waals surface area (Å²) in [5.41, 5.74) is 4.36. The van der Waals surface area contributed by atoms with Crippen LogP contribution in [0, 0.1) is 0 Å². The molecule has 0 aliphatic carbocycles. The summed E-state index contributed by atoms with van der Waals surface area (Å²) in [7, 11) is 3.10. The number of nitrogens with one attached hydrogen (secondary N) is 2. The Hall–Kier alpha value is -3.64. The lowest BCUT2D eigenvalue weighted by Gasteiger charge is -2.27. The Balaban J connectivity index is 1.57. The number of nitrogens with zero attached hydrogens (tertiary/aromatic N) is 5. The van der Waals surface area contributed by atoms with Crippen LogP contribution in [-0.2, 0) is 4.74 Å². The summed E-state index contributed by atoms with van der Waals surface area (Å²) < 4.78 is 16.3. The van der Waals surface area contributed by atoms with Gasteiger partial charge < -0.3 is 29.5 Å². The van der Waals surface area contributed by atoms with E-state index in [0.717, 1.165) is 11.4 Å². The summed E-state index contributed by atoms with van der Waals surface area (Å²) in [6.07, 6.45) is 1.57. The van der Waals surface area contributed by atoms with E-state index in [1.54, 1.807) is 25.5 Å². The van der Waals surface area contributed by atoms with Crippen molar-refractivity contribution in [1.82, 2.24) is 15.0 Å². The Morgan fingerprint density at radius 3 is 2.50 bits per heavy atom. The van der Waals surface area contributed by atoms with Crippen LogP contribution in [0.3, 0.4) is 0 Å². The molecule has 0 saturated carbocycles. The Morgan fingerprint density at radius 2 is 1.79 bits per heavy atom. The van der Waals surface area contributed by atoms with Crippen molar-refractivity contribution in [1.29, 1.82) is 0 Å². The molecule has 1 aromatic heterocycles. The number of phenols is 1. The fourth-order valence-corrected chi connectivity index (χ4v) is 3.63. The molecule has 0 unspecified atom stereocenters. The van der Waals surface area contributed by atoms with Crippen LogP contribution >= 0.6 is 15.9 Å². The molecule has 0 radical (unpaired) electrons. The van der Waals surface area contributed by atoms with Gasteiger partial charge in [0.1, 0.15) is 5.75 Å². The molecule has 11 nitrogen and oxygen atoms in total. The number of benzene rings is 2. The molecule has 1 aliphatic rings. The van der Waals surface area contributed by atoms with Crippen molar-refractivity contribution >= 4 is 45.7 Å². The standard InChI is InChI=1S/C22H24BrN7O4/c1-32-16-5-3-15(4-6-16)25-20-26-21(28-22(27-20)30-7-9-34-10-8-30)29-24-13-14-11-17(23)19(31)18(12-14)33-2/h3-6,11-13,31H,7-10H2,1-2H3,(H2,25,26,27,28,29). The summed E-state index contributed by atoms with van der Waals surface area (Å²) in [5.74, 6) is 2.26. The Kier molecular flexibility index (Phi) is 7.60. The van der Waals surface area contributed by atoms with Gasteiger partial charge >= 0.3 is 0 Å². The van der Waals surface area contributed by atoms with Gasteiger partial charge in [0, 0.05) is 18.8 Å². The van der Waals surface area contributed by atoms with Crippen LogP contribution in [0.15, 0.2) is 46.0 Å². The van der Waals surface area contributed by atoms with Gasteiger partial charge in [0.2, 0.25) is 17.8 Å². The Bertz CT molecular complexity index is 1150. The minimum absolute atomic E-state index is 0.0227. The fourth-order valence-electron chi connectivity index (χ4n) is 3.17. The molecule has 178 valence electrons. The number of aromatic nitrogens is 3. The van der Waals surface area contributed by atoms with Gasteiger partial charge in [-0.2, -0.15) is 20.1 Å². The molecular weight excluding hydrogens is 506 g/mol. The molecule has 34 heavy (non-hydrogen) atoms. The molecule has 2 aromatic carbocycles. The van der Waals surface area contributed by atoms with Gasteiger partial charge in [-0.05, 0) is 57.9 Å². The van der Waals surface area contributed by atoms with E-state index in [-0.39, 0.29) is 11.7 Å². The lowest BCUT2D eigenvalue weighted by Crippen LogP contribution is -2.37. The lowest BCUT2D eigenvalue weighted by molar-refractivity contribution is 0.122. The van der Waals surface area contributed by atoms with E-state index < -0.39 is 0 Å². The zero-order valence-corrected chi connectivity index (χ0v) is 20.2. The van der Waals surface area contributed by atoms with Crippen molar-refractivity contribution in [3.63, 3.8) is 0 Å². The highest BCUT2D eigenvalue weighted by Crippen LogP contribution is 2.34. The lowest BCUT2D eigenvalue weighted by atomic mass is 10.2. The first-order valence-electron chi connectivity index (χ1n) is 10.4. The molecule has 0 bridgehead atoms. The second kappa shape index (κ2) is 11.0. The first-order chi connectivity index (χ1) is 16.6. The van der Waals surface area contributed by atoms with E-state index >= 15 is 0 Å². The number of anilines is 4. The highest BCUT2D eigenvalue weighted by atomic mass is 79.9. The average Bonchev–Trinajstić information content (AvgIpc) is 2.87. The van der Waals surface area contributed by atoms with E-state index in [2.05, 4.69) is 46.7 Å². The Morgan fingerprint density at radius 1 is 1.06 bits per heavy atom. The number of ether oxygens (including phenoxy) is 3. The quantitative estimate of drug-likeness (QED) is 0.295. The van der Waals surface area contributed by atoms with Crippen LogP contribution in [0.5, 0.6) is 17.2 Å². The van der Waals surface area contributed by atoms with Crippen molar-refractivity contribution in [3.8, 4) is 17.2 Å². The molecule has 4 rings (SSSR count). The molecule has 0 spiro atoms. The van der Waals surface area contributed by atoms with Crippen molar-refractivity contribution in [2.45, 2.75) is 0 Å². The molecule has 1 saturated heterocycles. The average molecular weight is 530 g/mol. The summed E-state index contributed by atoms with van der Waals surface area (Å²) in [6, 6.07) is 10.8. The molecule has 0 atom stereocenters. The van der Waals surface area contributed by atoms with Crippen molar-refractivity contribution in [2.75, 3.05) is 56.2 Å². The van der Waals surface area contributed by atoms with Crippen molar-refractivity contribution in [2.24, 2.45) is 5.10 Å². The number of rotatable bonds is 8. The second-order valence-corrected chi connectivity index (χ2v) is 8.01. The highest BCUT2D eigenvalue weighted by molar-refractivity contribution is 9.10. The van der Waals surface area contributed by atoms with Crippen molar-refractivity contribution < 1.29 is 19.3 Å². The van der Waals surface area contributed by atoms with Crippen LogP contribution in [0.1, 0.15) is 5.56 Å². The van der Waals surface area contributed by atoms with Crippen LogP contribution in [0.4, 0.5) is 23.5 Å². The molecule has 1 aliphatic heterocycles. The van der Waals surface area contributed by atoms with Gasteiger partial charge in [0.05, 0.1) is 38.1 Å². The first kappa shape index (κ1) is 23.5. The van der Waals surface area contributed by atoms with E-state index in [0.29, 0.717) is 54.0 Å². The smallest absolute Gasteiger partial charge is 0.250 e. The second-order valence-electron chi connectivity index (χ2n) is 7.16. The minimum Gasteiger partial charge on any atom is -0.503 e. The number of phenolic OH excluding ortho intramolecular Hbond substituents is 1. The monoisotopic (exact) mass is 529 g/mol. The van der Waals surface area contributed by atoms with Crippen LogP contribution in [-0.4, -0.2) is 66.8 Å². The highest BCUT2D eigenvalue weighted by Gasteiger charge is 2.17. The van der Waals surface area contributed by atoms with Crippen LogP contribution < -0.4 is 25.1 Å². The molecule has 3 aromatic rings. The maximum Gasteiger partial charge on any atom is 0.250 e. The van der Waals surface area contributed by atoms with E-state index in [9.17, 15) is 5.11 Å². The van der Waals surface area contributed by atoms with Crippen LogP contribution in [0.25, 0.3) is 0 Å². The number of hydrogen-bond donors (Lipinski definition) is 3. The summed E-state index contributed by atoms with van der Waals surface area (Å²) in [4.78, 5) is 15.6. The maximum absolute atomic E-state index is 9.97. The third-order valence-electron chi connectivity index (χ3n) is 4.91. The zero-order chi connectivity index (χ0) is 23.9. The van der Waals surface area contributed by atoms with Gasteiger partial charge in [-0.15, -0.1) is 0 Å². The number of hydrogen-bond acceptors (Lipinski definition) is 11. The summed E-state index contributed by atoms with van der Waals surface area (Å²) in [5, 5.41) is 17.4. The van der Waals surface area contributed by atoms with Crippen LogP contribution in [0.2, 0.25) is 0 Å². The summed E-state index contributed by atoms with van der Waals surface area (Å²) >= 11 is 3.30. The number of aromatic hydroxyl groups is 1. The maximum atomic E-state index is 9.97. The first-order valence-corrected chi connectivity index (χ1v) is 11.2. The normalized spacial score (nSPS) is 13.7. The fraction of sp³-hybridized carbons (Fsp3) is 0.273. The molecule has 3 N–H and O–H groups in total. The van der Waals surface area contributed by atoms with E-state index in [1.807, 2.05) is 29.2 Å².